The molecule has 6 aromatic rings. The van der Waals surface area contributed by atoms with Crippen LogP contribution >= 0.6 is 0 Å². The lowest BCUT2D eigenvalue weighted by Gasteiger charge is -2.08. The van der Waals surface area contributed by atoms with Crippen LogP contribution in [-0.2, 0) is 9.84 Å². The van der Waals surface area contributed by atoms with E-state index in [9.17, 15) is 8.42 Å². The zero-order chi connectivity index (χ0) is 19.0. The predicted octanol–water partition coefficient (Wildman–Crippen LogP) is 6.04. The Morgan fingerprint density at radius 3 is 1.96 bits per heavy atom. The summed E-state index contributed by atoms with van der Waals surface area (Å²) in [7, 11) is -3.39. The second kappa shape index (κ2) is 5.14. The summed E-state index contributed by atoms with van der Waals surface area (Å²) in [6, 6.07) is 20.1. The summed E-state index contributed by atoms with van der Waals surface area (Å²) >= 11 is 0. The average Bonchev–Trinajstić information content (AvgIpc) is 3.29. The van der Waals surface area contributed by atoms with E-state index in [1.165, 1.54) is 0 Å². The standard InChI is InChI=1S/C23H14O4S/c1-28(24,25)23-12-16-9-20-14(11-22(16)27-23)3-5-17-18(20)4-2-13-10-21-15(6-7-26-21)8-19(13)17/h2-12H,1H3. The normalized spacial score (nSPS) is 12.8. The molecule has 0 fully saturated rings. The molecule has 0 bridgehead atoms. The van der Waals surface area contributed by atoms with Crippen molar-refractivity contribution in [3.63, 3.8) is 0 Å². The molecule has 0 aliphatic heterocycles. The molecule has 4 nitrogen and oxygen atoms in total. The van der Waals surface area contributed by atoms with Crippen molar-refractivity contribution in [1.82, 2.24) is 0 Å². The van der Waals surface area contributed by atoms with Crippen LogP contribution in [0, 0.1) is 0 Å². The first kappa shape index (κ1) is 15.7. The van der Waals surface area contributed by atoms with Gasteiger partial charge in [-0.25, -0.2) is 8.42 Å². The first-order valence-corrected chi connectivity index (χ1v) is 10.8. The van der Waals surface area contributed by atoms with E-state index in [1.54, 1.807) is 12.3 Å². The van der Waals surface area contributed by atoms with Crippen molar-refractivity contribution in [2.75, 3.05) is 6.26 Å². The molecular formula is C23H14O4S. The van der Waals surface area contributed by atoms with Gasteiger partial charge in [-0.1, -0.05) is 24.3 Å². The van der Waals surface area contributed by atoms with E-state index in [0.717, 1.165) is 54.9 Å². The van der Waals surface area contributed by atoms with Crippen LogP contribution in [-0.4, -0.2) is 14.7 Å². The Hall–Kier alpha value is -3.31. The molecule has 0 saturated carbocycles. The third-order valence-corrected chi connectivity index (χ3v) is 6.32. The van der Waals surface area contributed by atoms with E-state index >= 15 is 0 Å². The first-order chi connectivity index (χ1) is 13.5. The van der Waals surface area contributed by atoms with Gasteiger partial charge in [0.1, 0.15) is 11.2 Å². The van der Waals surface area contributed by atoms with Crippen LogP contribution < -0.4 is 0 Å². The van der Waals surface area contributed by atoms with Crippen molar-refractivity contribution in [2.45, 2.75) is 5.09 Å². The fourth-order valence-corrected chi connectivity index (χ4v) is 4.61. The van der Waals surface area contributed by atoms with Crippen LogP contribution in [0.25, 0.3) is 54.3 Å². The summed E-state index contributed by atoms with van der Waals surface area (Å²) in [6.07, 6.45) is 2.86. The molecule has 0 saturated heterocycles. The maximum absolute atomic E-state index is 11.8. The summed E-state index contributed by atoms with van der Waals surface area (Å²) in [5.74, 6) is 0. The minimum atomic E-state index is -3.39. The van der Waals surface area contributed by atoms with Crippen LogP contribution in [0.3, 0.4) is 0 Å². The highest BCUT2D eigenvalue weighted by Crippen LogP contribution is 2.36. The van der Waals surface area contributed by atoms with E-state index < -0.39 is 9.84 Å². The highest BCUT2D eigenvalue weighted by Gasteiger charge is 2.15. The van der Waals surface area contributed by atoms with Gasteiger partial charge in [-0.05, 0) is 62.6 Å². The molecule has 2 heterocycles. The van der Waals surface area contributed by atoms with Gasteiger partial charge in [0.15, 0.2) is 0 Å². The Kier molecular flexibility index (Phi) is 2.89. The first-order valence-electron chi connectivity index (χ1n) is 8.87. The van der Waals surface area contributed by atoms with Crippen LogP contribution in [0.2, 0.25) is 0 Å². The molecule has 28 heavy (non-hydrogen) atoms. The molecule has 5 heteroatoms. The SMILES string of the molecule is CS(=O)(=O)c1cc2cc3c(ccc4c5cc6ccoc6cc5ccc34)cc2o1. The molecule has 4 aromatic carbocycles. The Labute approximate surface area is 159 Å². The van der Waals surface area contributed by atoms with Crippen LogP contribution in [0.15, 0.2) is 80.9 Å². The Morgan fingerprint density at radius 2 is 1.29 bits per heavy atom. The van der Waals surface area contributed by atoms with Gasteiger partial charge < -0.3 is 8.83 Å². The average molecular weight is 386 g/mol. The topological polar surface area (TPSA) is 60.4 Å². The van der Waals surface area contributed by atoms with Gasteiger partial charge in [0.25, 0.3) is 0 Å². The minimum absolute atomic E-state index is 0.00471. The highest BCUT2D eigenvalue weighted by molar-refractivity contribution is 7.90. The number of rotatable bonds is 1. The van der Waals surface area contributed by atoms with Crippen molar-refractivity contribution in [3.05, 3.63) is 66.9 Å². The highest BCUT2D eigenvalue weighted by atomic mass is 32.2. The molecule has 6 rings (SSSR count). The maximum atomic E-state index is 11.8. The van der Waals surface area contributed by atoms with Gasteiger partial charge in [-0.3, -0.25) is 0 Å². The van der Waals surface area contributed by atoms with Crippen LogP contribution in [0.1, 0.15) is 0 Å². The quantitative estimate of drug-likeness (QED) is 0.323. The molecular weight excluding hydrogens is 372 g/mol. The molecule has 0 aliphatic rings. The van der Waals surface area contributed by atoms with Crippen molar-refractivity contribution in [3.8, 4) is 0 Å². The van der Waals surface area contributed by atoms with Crippen molar-refractivity contribution in [2.24, 2.45) is 0 Å². The van der Waals surface area contributed by atoms with Gasteiger partial charge in [0.05, 0.1) is 6.26 Å². The summed E-state index contributed by atoms with van der Waals surface area (Å²) in [4.78, 5) is 0. The summed E-state index contributed by atoms with van der Waals surface area (Å²) in [5.41, 5.74) is 1.45. The predicted molar refractivity (Wildman–Crippen MR) is 112 cm³/mol. The van der Waals surface area contributed by atoms with Crippen molar-refractivity contribution < 1.29 is 17.3 Å². The van der Waals surface area contributed by atoms with Gasteiger partial charge in [0.2, 0.25) is 14.9 Å². The lowest BCUT2D eigenvalue weighted by Crippen LogP contribution is -1.93. The second-order valence-corrected chi connectivity index (χ2v) is 9.15. The van der Waals surface area contributed by atoms with Crippen LogP contribution in [0.5, 0.6) is 0 Å². The molecule has 0 atom stereocenters. The van der Waals surface area contributed by atoms with E-state index in [4.69, 9.17) is 8.83 Å². The van der Waals surface area contributed by atoms with Crippen LogP contribution in [0.4, 0.5) is 0 Å². The largest absolute Gasteiger partial charge is 0.464 e. The number of hydrogen-bond donors (Lipinski definition) is 0. The third-order valence-electron chi connectivity index (χ3n) is 5.39. The second-order valence-electron chi connectivity index (χ2n) is 7.21. The number of hydrogen-bond acceptors (Lipinski definition) is 4. The summed E-state index contributed by atoms with van der Waals surface area (Å²) < 4.78 is 34.8. The molecule has 0 spiro atoms. The number of fused-ring (bicyclic) bond motifs is 7. The molecule has 0 unspecified atom stereocenters. The van der Waals surface area contributed by atoms with E-state index in [1.807, 2.05) is 18.2 Å². The molecule has 0 aliphatic carbocycles. The molecule has 0 radical (unpaired) electrons. The van der Waals surface area contributed by atoms with E-state index in [0.29, 0.717) is 5.58 Å². The Balaban J connectivity index is 1.74. The fraction of sp³-hybridized carbons (Fsp3) is 0.0435. The number of benzene rings is 4. The Morgan fingerprint density at radius 1 is 0.643 bits per heavy atom. The van der Waals surface area contributed by atoms with Gasteiger partial charge in [0, 0.05) is 23.1 Å². The summed E-state index contributed by atoms with van der Waals surface area (Å²) in [5, 5.41) is 8.49. The Bertz CT molecular complexity index is 1680. The van der Waals surface area contributed by atoms with E-state index in [2.05, 4.69) is 36.4 Å². The van der Waals surface area contributed by atoms with Gasteiger partial charge >= 0.3 is 0 Å². The molecule has 0 amide bonds. The smallest absolute Gasteiger partial charge is 0.219 e. The number of furan rings is 2. The van der Waals surface area contributed by atoms with Crippen molar-refractivity contribution in [1.29, 1.82) is 0 Å². The third kappa shape index (κ3) is 2.14. The van der Waals surface area contributed by atoms with Gasteiger partial charge in [-0.15, -0.1) is 0 Å². The van der Waals surface area contributed by atoms with Gasteiger partial charge in [-0.2, -0.15) is 0 Å². The fourth-order valence-electron chi connectivity index (χ4n) is 4.02. The molecule has 2 aromatic heterocycles. The summed E-state index contributed by atoms with van der Waals surface area (Å²) in [6.45, 7) is 0. The van der Waals surface area contributed by atoms with E-state index in [-0.39, 0.29) is 5.09 Å². The number of sulfone groups is 1. The van der Waals surface area contributed by atoms with Crippen molar-refractivity contribution >= 4 is 64.1 Å². The molecule has 0 N–H and O–H groups in total. The lowest BCUT2D eigenvalue weighted by molar-refractivity contribution is 0.484. The zero-order valence-electron chi connectivity index (χ0n) is 14.9. The monoisotopic (exact) mass is 386 g/mol. The minimum Gasteiger partial charge on any atom is -0.464 e. The lowest BCUT2D eigenvalue weighted by atomic mass is 9.96. The zero-order valence-corrected chi connectivity index (χ0v) is 15.7. The molecule has 136 valence electrons. The maximum Gasteiger partial charge on any atom is 0.219 e.